The van der Waals surface area contributed by atoms with Crippen LogP contribution in [0.5, 0.6) is 0 Å². The van der Waals surface area contributed by atoms with Gasteiger partial charge in [-0.2, -0.15) is 9.57 Å². The first kappa shape index (κ1) is 23.4. The zero-order chi connectivity index (χ0) is 23.0. The van der Waals surface area contributed by atoms with Crippen molar-refractivity contribution in [2.24, 2.45) is 0 Å². The van der Waals surface area contributed by atoms with E-state index in [9.17, 15) is 18.0 Å². The van der Waals surface area contributed by atoms with E-state index in [4.69, 9.17) is 5.26 Å². The molecule has 0 radical (unpaired) electrons. The van der Waals surface area contributed by atoms with Gasteiger partial charge in [-0.1, -0.05) is 36.4 Å². The Morgan fingerprint density at radius 3 is 2.09 bits per heavy atom. The SMILES string of the molecule is N#CCCN(C(=O)CCC(=O)N1CCN(S(=O)(=O)c2ccccc2)CC1)c1ccccc1. The predicted octanol–water partition coefficient (Wildman–Crippen LogP) is 2.25. The van der Waals surface area contributed by atoms with Gasteiger partial charge in [0.2, 0.25) is 21.8 Å². The number of hydrogen-bond donors (Lipinski definition) is 0. The van der Waals surface area contributed by atoms with Crippen molar-refractivity contribution in [1.82, 2.24) is 9.21 Å². The van der Waals surface area contributed by atoms with Gasteiger partial charge in [-0.05, 0) is 24.3 Å². The molecule has 1 heterocycles. The zero-order valence-electron chi connectivity index (χ0n) is 17.8. The summed E-state index contributed by atoms with van der Waals surface area (Å²) in [7, 11) is -3.58. The minimum atomic E-state index is -3.58. The molecule has 0 unspecified atom stereocenters. The standard InChI is InChI=1S/C23H26N4O4S/c24-14-7-15-27(20-8-3-1-4-9-20)23(29)13-12-22(28)25-16-18-26(19-17-25)32(30,31)21-10-5-2-6-11-21/h1-6,8-11H,7,12-13,15-19H2. The minimum absolute atomic E-state index is 0.0294. The number of benzene rings is 2. The summed E-state index contributed by atoms with van der Waals surface area (Å²) in [6, 6.07) is 19.3. The van der Waals surface area contributed by atoms with Crippen molar-refractivity contribution in [3.8, 4) is 6.07 Å². The highest BCUT2D eigenvalue weighted by molar-refractivity contribution is 7.89. The molecule has 2 aromatic carbocycles. The molecular formula is C23H26N4O4S. The maximum absolute atomic E-state index is 12.7. The van der Waals surface area contributed by atoms with Gasteiger partial charge in [-0.3, -0.25) is 9.59 Å². The smallest absolute Gasteiger partial charge is 0.243 e. The van der Waals surface area contributed by atoms with Crippen LogP contribution in [0.1, 0.15) is 19.3 Å². The zero-order valence-corrected chi connectivity index (χ0v) is 18.6. The average molecular weight is 455 g/mol. The molecule has 1 saturated heterocycles. The normalized spacial score (nSPS) is 14.5. The number of carbonyl (C=O) groups excluding carboxylic acids is 2. The molecule has 2 amide bonds. The fraction of sp³-hybridized carbons (Fsp3) is 0.348. The Balaban J connectivity index is 1.53. The lowest BCUT2D eigenvalue weighted by Crippen LogP contribution is -2.50. The second-order valence-corrected chi connectivity index (χ2v) is 9.32. The van der Waals surface area contributed by atoms with E-state index in [-0.39, 0.29) is 68.7 Å². The van der Waals surface area contributed by atoms with Crippen LogP contribution in [0.4, 0.5) is 5.69 Å². The number of rotatable bonds is 8. The van der Waals surface area contributed by atoms with Crippen molar-refractivity contribution in [3.63, 3.8) is 0 Å². The number of sulfonamides is 1. The van der Waals surface area contributed by atoms with Crippen molar-refractivity contribution in [1.29, 1.82) is 5.26 Å². The summed E-state index contributed by atoms with van der Waals surface area (Å²) in [6.45, 7) is 1.28. The largest absolute Gasteiger partial charge is 0.340 e. The number of anilines is 1. The number of carbonyl (C=O) groups is 2. The maximum Gasteiger partial charge on any atom is 0.243 e. The highest BCUT2D eigenvalue weighted by Gasteiger charge is 2.30. The Labute approximate surface area is 188 Å². The third-order valence-electron chi connectivity index (χ3n) is 5.34. The molecule has 0 aromatic heterocycles. The molecule has 0 spiro atoms. The summed E-state index contributed by atoms with van der Waals surface area (Å²) in [5, 5.41) is 8.89. The lowest BCUT2D eigenvalue weighted by atomic mass is 10.2. The first-order valence-corrected chi connectivity index (χ1v) is 11.9. The van der Waals surface area contributed by atoms with Gasteiger partial charge >= 0.3 is 0 Å². The van der Waals surface area contributed by atoms with Gasteiger partial charge in [0.1, 0.15) is 0 Å². The summed E-state index contributed by atoms with van der Waals surface area (Å²) in [6.07, 6.45) is 0.272. The molecule has 168 valence electrons. The van der Waals surface area contributed by atoms with Gasteiger partial charge in [0.25, 0.3) is 0 Å². The van der Waals surface area contributed by atoms with Gasteiger partial charge in [0.15, 0.2) is 0 Å². The quantitative estimate of drug-likeness (QED) is 0.609. The van der Waals surface area contributed by atoms with E-state index in [1.807, 2.05) is 24.3 Å². The number of amides is 2. The number of nitrogens with zero attached hydrogens (tertiary/aromatic N) is 4. The number of para-hydroxylation sites is 1. The summed E-state index contributed by atoms with van der Waals surface area (Å²) in [5.74, 6) is -0.395. The molecule has 0 aliphatic carbocycles. The lowest BCUT2D eigenvalue weighted by Gasteiger charge is -2.34. The number of nitriles is 1. The fourth-order valence-corrected chi connectivity index (χ4v) is 5.04. The van der Waals surface area contributed by atoms with E-state index in [0.717, 1.165) is 0 Å². The van der Waals surface area contributed by atoms with Gasteiger partial charge < -0.3 is 9.80 Å². The van der Waals surface area contributed by atoms with Crippen LogP contribution < -0.4 is 4.90 Å². The van der Waals surface area contributed by atoms with E-state index < -0.39 is 10.0 Å². The van der Waals surface area contributed by atoms with Crippen LogP contribution in [0.3, 0.4) is 0 Å². The first-order chi connectivity index (χ1) is 15.4. The van der Waals surface area contributed by atoms with Crippen LogP contribution in [0.25, 0.3) is 0 Å². The Morgan fingerprint density at radius 1 is 0.906 bits per heavy atom. The molecular weight excluding hydrogens is 428 g/mol. The van der Waals surface area contributed by atoms with E-state index in [1.54, 1.807) is 47.4 Å². The molecule has 1 fully saturated rings. The monoisotopic (exact) mass is 454 g/mol. The molecule has 32 heavy (non-hydrogen) atoms. The van der Waals surface area contributed by atoms with E-state index in [2.05, 4.69) is 0 Å². The van der Waals surface area contributed by atoms with Crippen molar-refractivity contribution in [2.75, 3.05) is 37.6 Å². The van der Waals surface area contributed by atoms with Gasteiger partial charge in [-0.25, -0.2) is 8.42 Å². The molecule has 9 heteroatoms. The van der Waals surface area contributed by atoms with Crippen LogP contribution in [-0.4, -0.2) is 62.2 Å². The predicted molar refractivity (Wildman–Crippen MR) is 120 cm³/mol. The Kier molecular flexibility index (Phi) is 7.98. The highest BCUT2D eigenvalue weighted by atomic mass is 32.2. The average Bonchev–Trinajstić information content (AvgIpc) is 2.84. The summed E-state index contributed by atoms with van der Waals surface area (Å²) >= 11 is 0. The van der Waals surface area contributed by atoms with Gasteiger partial charge in [0.05, 0.1) is 17.4 Å². The van der Waals surface area contributed by atoms with E-state index in [0.29, 0.717) is 5.69 Å². The minimum Gasteiger partial charge on any atom is -0.340 e. The summed E-state index contributed by atoms with van der Waals surface area (Å²) in [4.78, 5) is 28.7. The molecule has 0 saturated carbocycles. The van der Waals surface area contributed by atoms with Crippen molar-refractivity contribution in [3.05, 3.63) is 60.7 Å². The summed E-state index contributed by atoms with van der Waals surface area (Å²) in [5.41, 5.74) is 0.694. The molecule has 3 rings (SSSR count). The van der Waals surface area contributed by atoms with E-state index >= 15 is 0 Å². The first-order valence-electron chi connectivity index (χ1n) is 10.5. The van der Waals surface area contributed by atoms with Crippen molar-refractivity contribution >= 4 is 27.5 Å². The Bertz CT molecular complexity index is 1060. The third kappa shape index (κ3) is 5.72. The van der Waals surface area contributed by atoms with Crippen LogP contribution in [-0.2, 0) is 19.6 Å². The molecule has 0 atom stereocenters. The lowest BCUT2D eigenvalue weighted by molar-refractivity contribution is -0.134. The van der Waals surface area contributed by atoms with Gasteiger partial charge in [0, 0.05) is 51.3 Å². The van der Waals surface area contributed by atoms with Crippen LogP contribution in [0.2, 0.25) is 0 Å². The molecule has 1 aliphatic heterocycles. The maximum atomic E-state index is 12.7. The second-order valence-electron chi connectivity index (χ2n) is 7.39. The Morgan fingerprint density at radius 2 is 1.50 bits per heavy atom. The summed E-state index contributed by atoms with van der Waals surface area (Å²) < 4.78 is 26.8. The number of hydrogen-bond acceptors (Lipinski definition) is 5. The van der Waals surface area contributed by atoms with Crippen LogP contribution in [0.15, 0.2) is 65.6 Å². The molecule has 8 nitrogen and oxygen atoms in total. The van der Waals surface area contributed by atoms with Crippen molar-refractivity contribution < 1.29 is 18.0 Å². The van der Waals surface area contributed by atoms with Crippen LogP contribution in [0, 0.1) is 11.3 Å². The highest BCUT2D eigenvalue weighted by Crippen LogP contribution is 2.19. The number of piperazine rings is 1. The topological polar surface area (TPSA) is 102 Å². The third-order valence-corrected chi connectivity index (χ3v) is 7.25. The molecule has 1 aliphatic rings. The second kappa shape index (κ2) is 10.9. The Hall–Kier alpha value is -3.22. The van der Waals surface area contributed by atoms with Gasteiger partial charge in [-0.15, -0.1) is 0 Å². The molecule has 0 bridgehead atoms. The van der Waals surface area contributed by atoms with Crippen molar-refractivity contribution in [2.45, 2.75) is 24.2 Å². The molecule has 2 aromatic rings. The molecule has 0 N–H and O–H groups in total. The van der Waals surface area contributed by atoms with Crippen LogP contribution >= 0.6 is 0 Å². The van der Waals surface area contributed by atoms with E-state index in [1.165, 1.54) is 9.21 Å². The fourth-order valence-electron chi connectivity index (χ4n) is 3.59.